The van der Waals surface area contributed by atoms with Crippen LogP contribution in [0.3, 0.4) is 0 Å². The van der Waals surface area contributed by atoms with Gasteiger partial charge in [0.2, 0.25) is 0 Å². The van der Waals surface area contributed by atoms with Crippen LogP contribution in [-0.4, -0.2) is 205 Å². The molecule has 0 aliphatic carbocycles. The van der Waals surface area contributed by atoms with Gasteiger partial charge in [0.25, 0.3) is 23.6 Å². The maximum Gasteiger partial charge on any atom is 0.335 e. The highest BCUT2D eigenvalue weighted by Crippen LogP contribution is 2.44. The predicted octanol–water partition coefficient (Wildman–Crippen LogP) is 21.8. The molecule has 144 heavy (non-hydrogen) atoms. The summed E-state index contributed by atoms with van der Waals surface area (Å²) in [5.41, 5.74) is 35.0. The molecule has 4 unspecified atom stereocenters. The number of carboxylic acids is 1. The van der Waals surface area contributed by atoms with E-state index in [0.29, 0.717) is 88.4 Å². The highest BCUT2D eigenvalue weighted by Gasteiger charge is 2.34. The summed E-state index contributed by atoms with van der Waals surface area (Å²) in [4.78, 5) is 93.1. The van der Waals surface area contributed by atoms with Gasteiger partial charge in [-0.05, 0) is 268 Å². The molecule has 6 saturated heterocycles. The van der Waals surface area contributed by atoms with E-state index in [0.717, 1.165) is 115 Å². The number of nitrogens with one attached hydrogen (secondary N) is 2. The molecule has 6 fully saturated rings. The van der Waals surface area contributed by atoms with Crippen LogP contribution >= 0.6 is 69.6 Å². The van der Waals surface area contributed by atoms with Gasteiger partial charge >= 0.3 is 5.97 Å². The highest BCUT2D eigenvalue weighted by molar-refractivity contribution is 6.37. The zero-order chi connectivity index (χ0) is 102. The molecule has 12 aromatic rings. The summed E-state index contributed by atoms with van der Waals surface area (Å²) in [7, 11) is 0. The number of phenolic OH excluding ortho intramolecular Hbond substituents is 1. The fraction of sp³-hybridized carbons (Fsp3) is 0.330. The van der Waals surface area contributed by atoms with Gasteiger partial charge < -0.3 is 92.1 Å². The van der Waals surface area contributed by atoms with Crippen molar-refractivity contribution in [3.63, 3.8) is 0 Å². The normalized spacial score (nSPS) is 17.2. The lowest BCUT2D eigenvalue weighted by Crippen LogP contribution is -2.55. The number of aromatic nitrogens is 4. The number of piperidine rings is 2. The van der Waals surface area contributed by atoms with E-state index in [9.17, 15) is 43.0 Å². The molecule has 35 heteroatoms. The summed E-state index contributed by atoms with van der Waals surface area (Å²) in [6, 6.07) is 53.9. The predicted molar refractivity (Wildman–Crippen MR) is 563 cm³/mol. The average Bonchev–Trinajstić information content (AvgIpc) is 0.946. The van der Waals surface area contributed by atoms with Gasteiger partial charge in [-0.1, -0.05) is 130 Å². The van der Waals surface area contributed by atoms with Gasteiger partial charge in [-0.15, -0.1) is 0 Å². The molecule has 0 spiro atoms. The topological polar surface area (TPSA) is 362 Å². The van der Waals surface area contributed by atoms with Gasteiger partial charge in [-0.25, -0.2) is 33.5 Å². The Labute approximate surface area is 866 Å². The van der Waals surface area contributed by atoms with Crippen molar-refractivity contribution in [1.29, 1.82) is 0 Å². The molecule has 754 valence electrons. The van der Waals surface area contributed by atoms with E-state index in [2.05, 4.69) is 54.2 Å². The van der Waals surface area contributed by atoms with Gasteiger partial charge in [-0.2, -0.15) is 0 Å². The second kappa shape index (κ2) is 48.4. The lowest BCUT2D eigenvalue weighted by molar-refractivity contribution is 0.0637. The zero-order valence-corrected chi connectivity index (χ0v) is 85.2. The smallest absolute Gasteiger partial charge is 0.335 e. The number of carbonyl (C=O) groups excluding carboxylic acids is 4. The Bertz CT molecular complexity index is 6570. The van der Waals surface area contributed by atoms with Gasteiger partial charge in [0.05, 0.1) is 30.7 Å². The molecule has 0 saturated carbocycles. The maximum atomic E-state index is 14.6. The number of likely N-dealkylation sites (tertiary alicyclic amines) is 4. The second-order valence-electron chi connectivity index (χ2n) is 36.8. The lowest BCUT2D eigenvalue weighted by atomic mass is 10.0. The Morgan fingerprint density at radius 2 is 0.681 bits per heavy atom. The monoisotopic (exact) mass is 2070 g/mol. The van der Waals surface area contributed by atoms with Gasteiger partial charge in [0, 0.05) is 181 Å². The molecule has 27 nitrogen and oxygen atoms in total. The third-order valence-electron chi connectivity index (χ3n) is 26.8. The standard InChI is InChI=1S/C30H34N4O4.C29H31Cl2FN4O2.C26H27Cl2FN4O2.C24H24Cl2N4O3/c1-20(23-5-4-6-24(17-23)30(36)37)38-27-18-25(19-32-28(27)31)21-7-9-22(10-8-21)29(35)34-15-11-26(12-16-34)33-13-2-3-14-33;1-18(26-23(30)8-9-24(31)27(26)32)38-25-16-21(17-34-28(25)33)19-4-6-20(7-5-19)29(37)36-14-10-22(11-15-36)35-12-2-3-13-35;1-14-12-33(13-15(2)32-14)26(34)18-6-4-17(5-7-18)19-10-22(25(30)31-11-19)35-16(3)23-20(27)8-9-21(28)24(23)29;1-14(21-18(25)6-7-19(31)22(21)26)33-20-12-17(13-29-23(20)27)15-2-4-16(5-3-15)24(32)30-10-8-28-9-11-30/h4-10,17-20,26H,2-3,11-16H2,1H3,(H2,31,32)(H,36,37);4-9,16-18,22H,2-3,10-15H2,1H3,(H2,33,34);4-11,14-16,32H,12-13H2,1-3H3,(H2,30,31);2-7,12-14,28,31H,8-11H2,1H3,(H2,27,29)/t;;14-,15+,16?;. The van der Waals surface area contributed by atoms with Gasteiger partial charge in [-0.3, -0.25) is 19.2 Å². The summed E-state index contributed by atoms with van der Waals surface area (Å²) in [5, 5.41) is 26.7. The number of halogens is 8. The van der Waals surface area contributed by atoms with Crippen molar-refractivity contribution in [3.05, 3.63) is 299 Å². The van der Waals surface area contributed by atoms with Crippen molar-refractivity contribution in [2.75, 3.05) is 115 Å². The van der Waals surface area contributed by atoms with Crippen LogP contribution in [0.5, 0.6) is 28.7 Å². The number of rotatable bonds is 23. The van der Waals surface area contributed by atoms with Crippen LogP contribution in [0, 0.1) is 11.6 Å². The number of amides is 4. The summed E-state index contributed by atoms with van der Waals surface area (Å²) in [5.74, 6) is -0.0248. The number of carboxylic acid groups (broad SMARTS) is 1. The van der Waals surface area contributed by atoms with Crippen LogP contribution < -0.4 is 52.5 Å². The van der Waals surface area contributed by atoms with E-state index in [-0.39, 0.29) is 112 Å². The lowest BCUT2D eigenvalue weighted by Gasteiger charge is -2.36. The van der Waals surface area contributed by atoms with Crippen LogP contribution in [0.25, 0.3) is 44.5 Å². The van der Waals surface area contributed by atoms with E-state index in [4.69, 9.17) is 111 Å². The summed E-state index contributed by atoms with van der Waals surface area (Å²) < 4.78 is 53.2. The first-order chi connectivity index (χ1) is 69.2. The number of nitrogens with zero attached hydrogens (tertiary/aromatic N) is 10. The number of benzene rings is 8. The number of nitrogens with two attached hydrogens (primary N) is 4. The fourth-order valence-electron chi connectivity index (χ4n) is 18.9. The summed E-state index contributed by atoms with van der Waals surface area (Å²) in [6.07, 6.45) is 13.4. The average molecular weight is 2080 g/mol. The third-order valence-corrected chi connectivity index (χ3v) is 28.7. The van der Waals surface area contributed by atoms with E-state index in [1.807, 2.05) is 124 Å². The first kappa shape index (κ1) is 106. The van der Waals surface area contributed by atoms with Crippen molar-refractivity contribution in [2.24, 2.45) is 0 Å². The van der Waals surface area contributed by atoms with Gasteiger partial charge in [0.15, 0.2) is 46.3 Å². The van der Waals surface area contributed by atoms with Crippen LogP contribution in [0.15, 0.2) is 207 Å². The Morgan fingerprint density at radius 1 is 0.375 bits per heavy atom. The number of ether oxygens (including phenoxy) is 4. The molecule has 4 amide bonds. The Balaban J connectivity index is 0.000000145. The van der Waals surface area contributed by atoms with E-state index in [1.54, 1.807) is 100 Å². The minimum absolute atomic E-state index is 0.00505. The number of hydrogen-bond donors (Lipinski definition) is 8. The molecule has 6 atom stereocenters. The maximum absolute atomic E-state index is 14.6. The fourth-order valence-corrected chi connectivity index (χ4v) is 20.5. The van der Waals surface area contributed by atoms with E-state index < -0.39 is 42.0 Å². The molecule has 12 N–H and O–H groups in total. The number of carbonyl (C=O) groups is 5. The zero-order valence-electron chi connectivity index (χ0n) is 80.7. The van der Waals surface area contributed by atoms with Gasteiger partial charge in [0.1, 0.15) is 41.8 Å². The molecule has 0 radical (unpaired) electrons. The molecule has 0 bridgehead atoms. The number of hydrogen-bond acceptors (Lipinski definition) is 22. The minimum atomic E-state index is -0.990. The number of pyridine rings is 4. The molecule has 4 aromatic heterocycles. The second-order valence-corrected chi connectivity index (χ2v) is 39.2. The summed E-state index contributed by atoms with van der Waals surface area (Å²) in [6.45, 7) is 23.4. The third kappa shape index (κ3) is 26.0. The van der Waals surface area contributed by atoms with Crippen LogP contribution in [0.4, 0.5) is 32.1 Å². The molecule has 8 aromatic carbocycles. The number of anilines is 4. The van der Waals surface area contributed by atoms with Crippen molar-refractivity contribution < 1.29 is 61.9 Å². The first-order valence-electron chi connectivity index (χ1n) is 48.2. The molecule has 18 rings (SSSR count). The molecular weight excluding hydrogens is 1960 g/mol. The highest BCUT2D eigenvalue weighted by atomic mass is 35.5. The molecule has 6 aliphatic heterocycles. The molecular formula is C109H116Cl6F2N16O11. The Morgan fingerprint density at radius 3 is 1.03 bits per heavy atom. The van der Waals surface area contributed by atoms with E-state index >= 15 is 0 Å². The van der Waals surface area contributed by atoms with Crippen LogP contribution in [0.1, 0.15) is 191 Å². The number of piperazine rings is 2. The van der Waals surface area contributed by atoms with Crippen LogP contribution in [0.2, 0.25) is 30.1 Å². The molecule has 10 heterocycles. The van der Waals surface area contributed by atoms with Crippen molar-refractivity contribution in [2.45, 2.75) is 141 Å². The Kier molecular flexibility index (Phi) is 35.5. The number of aromatic carboxylic acids is 1. The van der Waals surface area contributed by atoms with Crippen molar-refractivity contribution in [1.82, 2.24) is 60.0 Å². The number of nitrogen functional groups attached to an aromatic ring is 4. The Hall–Kier alpha value is -12.7. The number of aromatic hydroxyl groups is 1. The quantitative estimate of drug-likeness (QED) is 0.0276. The summed E-state index contributed by atoms with van der Waals surface area (Å²) >= 11 is 36.7. The minimum Gasteiger partial charge on any atom is -0.506 e. The van der Waals surface area contributed by atoms with E-state index in [1.165, 1.54) is 82.2 Å². The number of phenols is 1. The first-order valence-corrected chi connectivity index (χ1v) is 50.5. The largest absolute Gasteiger partial charge is 0.506 e. The molecule has 6 aliphatic rings. The van der Waals surface area contributed by atoms with Crippen molar-refractivity contribution in [3.8, 4) is 73.3 Å². The van der Waals surface area contributed by atoms with Crippen LogP contribution in [-0.2, 0) is 0 Å². The SMILES string of the molecule is CC(Oc1cc(-c2ccc(C(=O)N3CCC(N4CCCC4)CC3)cc2)cnc1N)c1c(Cl)ccc(Cl)c1F.CC(Oc1cc(-c2ccc(C(=O)N3CCC(N4CCCC4)CC3)cc2)cnc1N)c1cccc(C(=O)O)c1.CC(Oc1cc(-c2ccc(C(=O)N3CCNCC3)cc2)cnc1N)c1c(Cl)ccc(O)c1Cl.CC(Oc1cc(-c2ccc(C(=O)N3C[C@@H](C)N[C@@H](C)C3)cc2)cnc1N)c1c(Cl)ccc(Cl)c1F. The van der Waals surface area contributed by atoms with Crippen molar-refractivity contribution >= 4 is 122 Å².